The van der Waals surface area contributed by atoms with Crippen molar-refractivity contribution in [2.24, 2.45) is 0 Å². The second-order valence-electron chi connectivity index (χ2n) is 7.09. The van der Waals surface area contributed by atoms with E-state index in [1.165, 1.54) is 0 Å². The molecule has 4 heterocycles. The van der Waals surface area contributed by atoms with Crippen molar-refractivity contribution in [3.63, 3.8) is 0 Å². The number of rotatable bonds is 6. The molecule has 0 unspecified atom stereocenters. The number of furan rings is 2. The molecule has 31 heavy (non-hydrogen) atoms. The van der Waals surface area contributed by atoms with Gasteiger partial charge < -0.3 is 23.6 Å². The van der Waals surface area contributed by atoms with Gasteiger partial charge in [-0.3, -0.25) is 9.78 Å². The maximum atomic E-state index is 13.1. The van der Waals surface area contributed by atoms with E-state index in [-0.39, 0.29) is 24.0 Å². The minimum absolute atomic E-state index is 0. The molecule has 1 N–H and O–H groups in total. The van der Waals surface area contributed by atoms with Crippen molar-refractivity contribution in [2.75, 3.05) is 13.2 Å². The average Bonchev–Trinajstić information content (AvgIpc) is 3.45. The van der Waals surface area contributed by atoms with Gasteiger partial charge in [0.1, 0.15) is 19.0 Å². The van der Waals surface area contributed by atoms with Crippen LogP contribution in [0.2, 0.25) is 0 Å². The number of halogens is 1. The summed E-state index contributed by atoms with van der Waals surface area (Å²) in [5.74, 6) is 2.13. The molecule has 1 aromatic carbocycles. The van der Waals surface area contributed by atoms with E-state index in [0.717, 1.165) is 22.4 Å². The van der Waals surface area contributed by atoms with Crippen LogP contribution >= 0.6 is 12.4 Å². The van der Waals surface area contributed by atoms with Crippen molar-refractivity contribution in [3.8, 4) is 11.5 Å². The van der Waals surface area contributed by atoms with Crippen LogP contribution in [0.15, 0.2) is 57.7 Å². The van der Waals surface area contributed by atoms with Gasteiger partial charge in [-0.1, -0.05) is 0 Å². The third kappa shape index (κ3) is 4.15. The van der Waals surface area contributed by atoms with Crippen LogP contribution < -0.4 is 14.8 Å². The first-order chi connectivity index (χ1) is 14.7. The fraction of sp³-hybridized carbons (Fsp3) is 0.217. The molecule has 1 aliphatic heterocycles. The summed E-state index contributed by atoms with van der Waals surface area (Å²) in [7, 11) is 0. The van der Waals surface area contributed by atoms with Crippen LogP contribution in [0.4, 0.5) is 0 Å². The summed E-state index contributed by atoms with van der Waals surface area (Å²) >= 11 is 0. The van der Waals surface area contributed by atoms with Gasteiger partial charge in [0, 0.05) is 23.7 Å². The molecule has 0 radical (unpaired) electrons. The van der Waals surface area contributed by atoms with Gasteiger partial charge in [0.15, 0.2) is 22.8 Å². The summed E-state index contributed by atoms with van der Waals surface area (Å²) in [6, 6.07) is 10.7. The average molecular weight is 441 g/mol. The number of hydrogen-bond acceptors (Lipinski definition) is 7. The van der Waals surface area contributed by atoms with Crippen LogP contribution in [0, 0.1) is 6.92 Å². The van der Waals surface area contributed by atoms with E-state index in [1.54, 1.807) is 36.7 Å². The zero-order valence-electron chi connectivity index (χ0n) is 16.8. The number of fused-ring (bicyclic) bond motifs is 2. The highest BCUT2D eigenvalue weighted by atomic mass is 35.5. The van der Waals surface area contributed by atoms with Gasteiger partial charge in [-0.05, 0) is 48.9 Å². The molecule has 3 aromatic heterocycles. The minimum atomic E-state index is -0.211. The molecule has 8 heteroatoms. The Balaban J connectivity index is 0.00000231. The lowest BCUT2D eigenvalue weighted by atomic mass is 10.1. The van der Waals surface area contributed by atoms with Crippen LogP contribution in [0.5, 0.6) is 11.5 Å². The third-order valence-electron chi connectivity index (χ3n) is 5.04. The zero-order valence-corrected chi connectivity index (χ0v) is 17.7. The van der Waals surface area contributed by atoms with Gasteiger partial charge in [0.25, 0.3) is 0 Å². The first kappa shape index (κ1) is 21.0. The van der Waals surface area contributed by atoms with Gasteiger partial charge in [-0.25, -0.2) is 0 Å². The van der Waals surface area contributed by atoms with Crippen molar-refractivity contribution >= 4 is 29.2 Å². The van der Waals surface area contributed by atoms with Crippen molar-refractivity contribution in [1.82, 2.24) is 10.3 Å². The second-order valence-corrected chi connectivity index (χ2v) is 7.09. The SMILES string of the molecule is Cc1ncc(CNCc2ccco2)c2cc(C(=O)c3ccc4c(c3)OCCO4)oc12.Cl. The summed E-state index contributed by atoms with van der Waals surface area (Å²) in [6.45, 7) is 4.01. The number of ether oxygens (including phenoxy) is 2. The third-order valence-corrected chi connectivity index (χ3v) is 5.04. The molecular weight excluding hydrogens is 420 g/mol. The summed E-state index contributed by atoms with van der Waals surface area (Å²) in [6.07, 6.45) is 3.45. The number of aromatic nitrogens is 1. The molecule has 4 aromatic rings. The number of aryl methyl sites for hydroxylation is 1. The number of benzene rings is 1. The standard InChI is InChI=1S/C23H20N2O5.ClH/c1-14-23-18(16(12-25-14)11-24-13-17-3-2-6-27-17)10-21(30-23)22(26)15-4-5-19-20(9-15)29-8-7-28-19;/h2-6,9-10,12,24H,7-8,11,13H2,1H3;1H. The maximum Gasteiger partial charge on any atom is 0.228 e. The molecule has 0 saturated carbocycles. The normalized spacial score (nSPS) is 12.5. The van der Waals surface area contributed by atoms with E-state index in [2.05, 4.69) is 10.3 Å². The summed E-state index contributed by atoms with van der Waals surface area (Å²) in [4.78, 5) is 17.5. The fourth-order valence-corrected chi connectivity index (χ4v) is 3.51. The number of pyridine rings is 1. The molecule has 7 nitrogen and oxygen atoms in total. The zero-order chi connectivity index (χ0) is 20.5. The highest BCUT2D eigenvalue weighted by Crippen LogP contribution is 2.32. The van der Waals surface area contributed by atoms with E-state index in [0.29, 0.717) is 48.9 Å². The number of nitrogens with one attached hydrogen (secondary N) is 1. The number of carbonyl (C=O) groups is 1. The highest BCUT2D eigenvalue weighted by molar-refractivity contribution is 6.09. The monoisotopic (exact) mass is 440 g/mol. The molecular formula is C23H21ClN2O5. The highest BCUT2D eigenvalue weighted by Gasteiger charge is 2.20. The quantitative estimate of drug-likeness (QED) is 0.443. The van der Waals surface area contributed by atoms with Crippen LogP contribution in [0.25, 0.3) is 11.0 Å². The Bertz CT molecular complexity index is 1220. The molecule has 0 atom stereocenters. The van der Waals surface area contributed by atoms with Crippen LogP contribution in [-0.4, -0.2) is 24.0 Å². The lowest BCUT2D eigenvalue weighted by molar-refractivity contribution is 0.101. The number of ketones is 1. The van der Waals surface area contributed by atoms with Gasteiger partial charge in [0.05, 0.1) is 18.5 Å². The van der Waals surface area contributed by atoms with E-state index in [9.17, 15) is 4.79 Å². The minimum Gasteiger partial charge on any atom is -0.486 e. The van der Waals surface area contributed by atoms with E-state index < -0.39 is 0 Å². The Kier molecular flexibility index (Phi) is 5.97. The Morgan fingerprint density at radius 2 is 1.94 bits per heavy atom. The Hall–Kier alpha value is -3.29. The van der Waals surface area contributed by atoms with Crippen LogP contribution in [-0.2, 0) is 13.1 Å². The van der Waals surface area contributed by atoms with E-state index >= 15 is 0 Å². The predicted molar refractivity (Wildman–Crippen MR) is 116 cm³/mol. The van der Waals surface area contributed by atoms with Gasteiger partial charge >= 0.3 is 0 Å². The summed E-state index contributed by atoms with van der Waals surface area (Å²) in [5, 5.41) is 4.20. The topological polar surface area (TPSA) is 86.7 Å². The van der Waals surface area contributed by atoms with Gasteiger partial charge in [-0.15, -0.1) is 12.4 Å². The van der Waals surface area contributed by atoms with Crippen LogP contribution in [0.3, 0.4) is 0 Å². The smallest absolute Gasteiger partial charge is 0.228 e. The molecule has 160 valence electrons. The molecule has 5 rings (SSSR count). The largest absolute Gasteiger partial charge is 0.486 e. The first-order valence-corrected chi connectivity index (χ1v) is 9.74. The predicted octanol–water partition coefficient (Wildman–Crippen LogP) is 4.44. The van der Waals surface area contributed by atoms with E-state index in [4.69, 9.17) is 18.3 Å². The Morgan fingerprint density at radius 3 is 2.74 bits per heavy atom. The lowest BCUT2D eigenvalue weighted by Gasteiger charge is -2.18. The summed E-state index contributed by atoms with van der Waals surface area (Å²) < 4.78 is 22.4. The van der Waals surface area contributed by atoms with Crippen molar-refractivity contribution < 1.29 is 23.1 Å². The van der Waals surface area contributed by atoms with E-state index in [1.807, 2.05) is 19.1 Å². The molecule has 0 fully saturated rings. The number of hydrogen-bond donors (Lipinski definition) is 1. The van der Waals surface area contributed by atoms with Crippen molar-refractivity contribution in [1.29, 1.82) is 0 Å². The molecule has 0 bridgehead atoms. The molecule has 0 spiro atoms. The van der Waals surface area contributed by atoms with Crippen LogP contribution in [0.1, 0.15) is 33.1 Å². The molecule has 0 aliphatic carbocycles. The fourth-order valence-electron chi connectivity index (χ4n) is 3.51. The Labute approximate surface area is 184 Å². The second kappa shape index (κ2) is 8.83. The van der Waals surface area contributed by atoms with Crippen molar-refractivity contribution in [2.45, 2.75) is 20.0 Å². The lowest BCUT2D eigenvalue weighted by Crippen LogP contribution is -2.15. The van der Waals surface area contributed by atoms with Crippen molar-refractivity contribution in [3.05, 3.63) is 77.2 Å². The summed E-state index contributed by atoms with van der Waals surface area (Å²) in [5.41, 5.74) is 2.79. The molecule has 1 aliphatic rings. The Morgan fingerprint density at radius 1 is 1.10 bits per heavy atom. The maximum absolute atomic E-state index is 13.1. The van der Waals surface area contributed by atoms with Gasteiger partial charge in [0.2, 0.25) is 5.78 Å². The van der Waals surface area contributed by atoms with Gasteiger partial charge in [-0.2, -0.15) is 0 Å². The molecule has 0 amide bonds. The number of nitrogens with zero attached hydrogens (tertiary/aromatic N) is 1. The first-order valence-electron chi connectivity index (χ1n) is 9.74. The number of carbonyl (C=O) groups excluding carboxylic acids is 1. The molecule has 0 saturated heterocycles.